The molecule has 0 bridgehead atoms. The molecule has 0 unspecified atom stereocenters. The van der Waals surface area contributed by atoms with Gasteiger partial charge in [0.15, 0.2) is 0 Å². The monoisotopic (exact) mass is 431 g/mol. The fraction of sp³-hybridized carbons (Fsp3) is 0.524. The summed E-state index contributed by atoms with van der Waals surface area (Å²) in [5.41, 5.74) is 3.51. The molecule has 1 aliphatic carbocycles. The molecule has 0 aliphatic heterocycles. The quantitative estimate of drug-likeness (QED) is 0.707. The van der Waals surface area contributed by atoms with E-state index in [4.69, 9.17) is 4.98 Å². The third-order valence-corrected chi connectivity index (χ3v) is 5.82. The van der Waals surface area contributed by atoms with Gasteiger partial charge in [0.1, 0.15) is 5.82 Å². The predicted octanol–water partition coefficient (Wildman–Crippen LogP) is 4.43. The van der Waals surface area contributed by atoms with Crippen molar-refractivity contribution in [1.82, 2.24) is 15.3 Å². The van der Waals surface area contributed by atoms with Crippen LogP contribution in [0, 0.1) is 13.8 Å². The van der Waals surface area contributed by atoms with Crippen LogP contribution in [0.25, 0.3) is 0 Å². The zero-order chi connectivity index (χ0) is 19.4. The van der Waals surface area contributed by atoms with Gasteiger partial charge in [0.25, 0.3) is 0 Å². The van der Waals surface area contributed by atoms with Gasteiger partial charge in [-0.2, -0.15) is 4.98 Å². The van der Waals surface area contributed by atoms with Gasteiger partial charge in [-0.1, -0.05) is 28.1 Å². The van der Waals surface area contributed by atoms with Crippen LogP contribution in [0.4, 0.5) is 11.8 Å². The Kier molecular flexibility index (Phi) is 6.71. The van der Waals surface area contributed by atoms with E-state index in [2.05, 4.69) is 74.6 Å². The highest BCUT2D eigenvalue weighted by atomic mass is 79.9. The Morgan fingerprint density at radius 1 is 1.07 bits per heavy atom. The van der Waals surface area contributed by atoms with E-state index in [9.17, 15) is 0 Å². The summed E-state index contributed by atoms with van der Waals surface area (Å²) in [6.07, 6.45) is 4.64. The standard InChI is InChI=1S/C21H30BrN5/c1-14-15(2)24-21(26-20(14)27(3)4)25-19-10-8-18(9-11-19)23-13-16-6-5-7-17(22)12-16/h5-7,12,18-19,23H,8-11,13H2,1-4H3,(H,24,25,26). The minimum absolute atomic E-state index is 0.450. The maximum atomic E-state index is 4.71. The largest absolute Gasteiger partial charge is 0.362 e. The highest BCUT2D eigenvalue weighted by Gasteiger charge is 2.22. The first-order valence-corrected chi connectivity index (χ1v) is 10.5. The Labute approximate surface area is 171 Å². The van der Waals surface area contributed by atoms with Crippen LogP contribution < -0.4 is 15.5 Å². The summed E-state index contributed by atoms with van der Waals surface area (Å²) in [4.78, 5) is 11.4. The van der Waals surface area contributed by atoms with Gasteiger partial charge in [0, 0.05) is 48.5 Å². The van der Waals surface area contributed by atoms with Crippen molar-refractivity contribution in [3.8, 4) is 0 Å². The second-order valence-electron chi connectivity index (χ2n) is 7.68. The number of halogens is 1. The first kappa shape index (κ1) is 20.1. The van der Waals surface area contributed by atoms with Gasteiger partial charge in [-0.3, -0.25) is 0 Å². The molecule has 0 atom stereocenters. The van der Waals surface area contributed by atoms with E-state index in [1.165, 1.54) is 18.4 Å². The molecule has 0 amide bonds. The van der Waals surface area contributed by atoms with Gasteiger partial charge in [-0.15, -0.1) is 0 Å². The number of anilines is 2. The topological polar surface area (TPSA) is 53.1 Å². The van der Waals surface area contributed by atoms with Crippen LogP contribution in [0.2, 0.25) is 0 Å². The van der Waals surface area contributed by atoms with Gasteiger partial charge in [-0.05, 0) is 57.2 Å². The molecular formula is C21H30BrN5. The Balaban J connectivity index is 1.51. The van der Waals surface area contributed by atoms with Crippen LogP contribution in [-0.2, 0) is 6.54 Å². The number of hydrogen-bond donors (Lipinski definition) is 2. The summed E-state index contributed by atoms with van der Waals surface area (Å²) in [7, 11) is 4.06. The molecule has 146 valence electrons. The molecule has 0 radical (unpaired) electrons. The first-order valence-electron chi connectivity index (χ1n) is 9.69. The smallest absolute Gasteiger partial charge is 0.225 e. The highest BCUT2D eigenvalue weighted by molar-refractivity contribution is 9.10. The molecule has 1 aromatic heterocycles. The van der Waals surface area contributed by atoms with Crippen molar-refractivity contribution in [2.45, 2.75) is 58.2 Å². The zero-order valence-electron chi connectivity index (χ0n) is 16.7. The van der Waals surface area contributed by atoms with Gasteiger partial charge in [-0.25, -0.2) is 4.98 Å². The lowest BCUT2D eigenvalue weighted by Gasteiger charge is -2.30. The molecule has 5 nitrogen and oxygen atoms in total. The van der Waals surface area contributed by atoms with Crippen molar-refractivity contribution < 1.29 is 0 Å². The summed E-state index contributed by atoms with van der Waals surface area (Å²) in [5, 5.41) is 7.27. The van der Waals surface area contributed by atoms with E-state index in [1.807, 2.05) is 14.1 Å². The molecule has 2 N–H and O–H groups in total. The number of aryl methyl sites for hydroxylation is 1. The molecule has 1 aromatic carbocycles. The highest BCUT2D eigenvalue weighted by Crippen LogP contribution is 2.24. The van der Waals surface area contributed by atoms with E-state index >= 15 is 0 Å². The number of benzene rings is 1. The van der Waals surface area contributed by atoms with E-state index in [1.54, 1.807) is 0 Å². The summed E-state index contributed by atoms with van der Waals surface area (Å²) in [6.45, 7) is 5.06. The molecule has 1 fully saturated rings. The van der Waals surface area contributed by atoms with E-state index in [0.29, 0.717) is 12.1 Å². The number of hydrogen-bond acceptors (Lipinski definition) is 5. The Bertz CT molecular complexity index is 769. The summed E-state index contributed by atoms with van der Waals surface area (Å²) >= 11 is 3.54. The maximum absolute atomic E-state index is 4.71. The second-order valence-corrected chi connectivity index (χ2v) is 8.60. The van der Waals surface area contributed by atoms with Crippen LogP contribution in [0.5, 0.6) is 0 Å². The van der Waals surface area contributed by atoms with Gasteiger partial charge < -0.3 is 15.5 Å². The van der Waals surface area contributed by atoms with E-state index < -0.39 is 0 Å². The average Bonchev–Trinajstić information content (AvgIpc) is 2.64. The lowest BCUT2D eigenvalue weighted by atomic mass is 9.91. The van der Waals surface area contributed by atoms with Gasteiger partial charge >= 0.3 is 0 Å². The lowest BCUT2D eigenvalue weighted by Crippen LogP contribution is -2.37. The third kappa shape index (κ3) is 5.42. The van der Waals surface area contributed by atoms with Crippen LogP contribution in [0.3, 0.4) is 0 Å². The minimum atomic E-state index is 0.450. The number of rotatable bonds is 6. The van der Waals surface area contributed by atoms with Gasteiger partial charge in [0.2, 0.25) is 5.95 Å². The van der Waals surface area contributed by atoms with Crippen molar-refractivity contribution >= 4 is 27.7 Å². The van der Waals surface area contributed by atoms with Crippen LogP contribution in [-0.4, -0.2) is 36.1 Å². The average molecular weight is 432 g/mol. The Morgan fingerprint density at radius 3 is 2.44 bits per heavy atom. The predicted molar refractivity (Wildman–Crippen MR) is 116 cm³/mol. The van der Waals surface area contributed by atoms with Crippen LogP contribution in [0.15, 0.2) is 28.7 Å². The van der Waals surface area contributed by atoms with Crippen LogP contribution in [0.1, 0.15) is 42.5 Å². The van der Waals surface area contributed by atoms with Gasteiger partial charge in [0.05, 0.1) is 0 Å². The first-order chi connectivity index (χ1) is 12.9. The number of nitrogens with zero attached hydrogens (tertiary/aromatic N) is 3. The molecular weight excluding hydrogens is 402 g/mol. The normalized spacial score (nSPS) is 19.7. The molecule has 1 aliphatic rings. The molecule has 1 heterocycles. The van der Waals surface area contributed by atoms with Crippen LogP contribution >= 0.6 is 15.9 Å². The number of aromatic nitrogens is 2. The fourth-order valence-corrected chi connectivity index (χ4v) is 4.09. The van der Waals surface area contributed by atoms with E-state index in [-0.39, 0.29) is 0 Å². The molecule has 2 aromatic rings. The van der Waals surface area contributed by atoms with Crippen molar-refractivity contribution in [2.75, 3.05) is 24.3 Å². The van der Waals surface area contributed by atoms with E-state index in [0.717, 1.165) is 46.9 Å². The second kappa shape index (κ2) is 9.02. The van der Waals surface area contributed by atoms with Crippen molar-refractivity contribution in [1.29, 1.82) is 0 Å². The fourth-order valence-electron chi connectivity index (χ4n) is 3.65. The summed E-state index contributed by atoms with van der Waals surface area (Å²) < 4.78 is 1.14. The molecule has 6 heteroatoms. The van der Waals surface area contributed by atoms with Crippen molar-refractivity contribution in [3.63, 3.8) is 0 Å². The Hall–Kier alpha value is -1.66. The maximum Gasteiger partial charge on any atom is 0.225 e. The van der Waals surface area contributed by atoms with Crippen molar-refractivity contribution in [3.05, 3.63) is 45.6 Å². The molecule has 1 saturated carbocycles. The SMILES string of the molecule is Cc1nc(NC2CCC(NCc3cccc(Br)c3)CC2)nc(N(C)C)c1C. The third-order valence-electron chi connectivity index (χ3n) is 5.33. The van der Waals surface area contributed by atoms with Crippen molar-refractivity contribution in [2.24, 2.45) is 0 Å². The zero-order valence-corrected chi connectivity index (χ0v) is 18.3. The molecule has 27 heavy (non-hydrogen) atoms. The minimum Gasteiger partial charge on any atom is -0.362 e. The number of nitrogens with one attached hydrogen (secondary N) is 2. The lowest BCUT2D eigenvalue weighted by molar-refractivity contribution is 0.352. The molecule has 0 saturated heterocycles. The summed E-state index contributed by atoms with van der Waals surface area (Å²) in [5.74, 6) is 1.75. The molecule has 3 rings (SSSR count). The molecule has 0 spiro atoms. The Morgan fingerprint density at radius 2 is 1.78 bits per heavy atom. The summed E-state index contributed by atoms with van der Waals surface area (Å²) in [6, 6.07) is 9.54.